The van der Waals surface area contributed by atoms with Gasteiger partial charge < -0.3 is 18.8 Å². The van der Waals surface area contributed by atoms with Gasteiger partial charge in [0.25, 0.3) is 0 Å². The Morgan fingerprint density at radius 2 is 1.13 bits per heavy atom. The van der Waals surface area contributed by atoms with Crippen LogP contribution in [0.3, 0.4) is 0 Å². The molecule has 5 nitrogen and oxygen atoms in total. The Labute approximate surface area is 269 Å². The van der Waals surface area contributed by atoms with Crippen LogP contribution in [0.4, 0.5) is 17.1 Å². The molecule has 11 rings (SSSR count). The van der Waals surface area contributed by atoms with Crippen LogP contribution in [0, 0.1) is 0 Å². The molecular formula is C42H24N2O3. The molecule has 2 aliphatic heterocycles. The van der Waals surface area contributed by atoms with Crippen LogP contribution < -0.4 is 14.4 Å². The molecule has 0 amide bonds. The molecule has 0 N–H and O–H groups in total. The number of fused-ring (bicyclic) bond motifs is 4. The highest BCUT2D eigenvalue weighted by Gasteiger charge is 2.34. The monoisotopic (exact) mass is 604 g/mol. The second-order valence-electron chi connectivity index (χ2n) is 12.1. The maximum Gasteiger partial charge on any atom is 0.176 e. The summed E-state index contributed by atoms with van der Waals surface area (Å²) in [6.07, 6.45) is 0. The molecule has 0 atom stereocenters. The van der Waals surface area contributed by atoms with Crippen LogP contribution in [-0.2, 0) is 0 Å². The quantitative estimate of drug-likeness (QED) is 0.200. The molecule has 2 aromatic heterocycles. The molecule has 7 aromatic carbocycles. The number of nitrogens with zero attached hydrogens (tertiary/aromatic N) is 2. The Balaban J connectivity index is 1.22. The smallest absolute Gasteiger partial charge is 0.176 e. The van der Waals surface area contributed by atoms with Gasteiger partial charge in [0.05, 0.1) is 22.4 Å². The zero-order valence-electron chi connectivity index (χ0n) is 25.0. The highest BCUT2D eigenvalue weighted by molar-refractivity contribution is 6.16. The summed E-state index contributed by atoms with van der Waals surface area (Å²) < 4.78 is 22.1. The Bertz CT molecular complexity index is 2760. The molecule has 0 unspecified atom stereocenters. The Hall–Kier alpha value is -6.46. The molecule has 0 saturated heterocycles. The molecule has 5 heteroatoms. The van der Waals surface area contributed by atoms with Gasteiger partial charge in [0, 0.05) is 33.3 Å². The van der Waals surface area contributed by atoms with E-state index in [0.717, 1.165) is 101 Å². The second kappa shape index (κ2) is 9.05. The zero-order chi connectivity index (χ0) is 30.6. The summed E-state index contributed by atoms with van der Waals surface area (Å²) in [4.78, 5) is 2.29. The lowest BCUT2D eigenvalue weighted by molar-refractivity contribution is 0.444. The first-order valence-corrected chi connectivity index (χ1v) is 15.8. The minimum Gasteiger partial charge on any atom is -0.456 e. The Morgan fingerprint density at radius 1 is 0.447 bits per heavy atom. The molecule has 4 heterocycles. The van der Waals surface area contributed by atoms with Crippen molar-refractivity contribution in [1.82, 2.24) is 4.57 Å². The second-order valence-corrected chi connectivity index (χ2v) is 12.1. The first kappa shape index (κ1) is 24.8. The summed E-state index contributed by atoms with van der Waals surface area (Å²) in [5.41, 5.74) is 9.95. The third-order valence-corrected chi connectivity index (χ3v) is 9.54. The first-order chi connectivity index (χ1) is 23.3. The van der Waals surface area contributed by atoms with E-state index in [2.05, 4.69) is 113 Å². The molecule has 220 valence electrons. The van der Waals surface area contributed by atoms with E-state index in [9.17, 15) is 0 Å². The maximum atomic E-state index is 6.93. The fourth-order valence-corrected chi connectivity index (χ4v) is 7.52. The highest BCUT2D eigenvalue weighted by Crippen LogP contribution is 2.57. The molecule has 2 aliphatic rings. The minimum atomic E-state index is 0.765. The molecule has 9 aromatic rings. The van der Waals surface area contributed by atoms with Crippen LogP contribution in [0.2, 0.25) is 0 Å². The van der Waals surface area contributed by atoms with Gasteiger partial charge >= 0.3 is 0 Å². The van der Waals surface area contributed by atoms with Gasteiger partial charge in [0.1, 0.15) is 16.9 Å². The standard InChI is InChI=1S/C42H24N2O3/c1-2-9-25(10-3-1)26-11-6-12-27(23-26)43(28-19-20-30-29-13-4-5-15-34(29)45-38(30)24-28)33-22-21-32-31-14-7-16-35-39(31)44-40(32)42(33)47-37-18-8-17-36(46-35)41(37)44/h1-24H. The van der Waals surface area contributed by atoms with E-state index >= 15 is 0 Å². The van der Waals surface area contributed by atoms with Crippen molar-refractivity contribution in [3.8, 4) is 39.8 Å². The average Bonchev–Trinajstić information content (AvgIpc) is 3.67. The van der Waals surface area contributed by atoms with Crippen LogP contribution in [-0.4, -0.2) is 4.57 Å². The predicted octanol–water partition coefficient (Wildman–Crippen LogP) is 12.0. The summed E-state index contributed by atoms with van der Waals surface area (Å²) >= 11 is 0. The summed E-state index contributed by atoms with van der Waals surface area (Å²) in [7, 11) is 0. The van der Waals surface area contributed by atoms with E-state index < -0.39 is 0 Å². The van der Waals surface area contributed by atoms with Gasteiger partial charge in [-0.25, -0.2) is 0 Å². The van der Waals surface area contributed by atoms with Gasteiger partial charge in [-0.1, -0.05) is 78.9 Å². The largest absolute Gasteiger partial charge is 0.456 e. The van der Waals surface area contributed by atoms with Crippen molar-refractivity contribution in [2.45, 2.75) is 0 Å². The molecule has 47 heavy (non-hydrogen) atoms. The van der Waals surface area contributed by atoms with Crippen LogP contribution in [0.15, 0.2) is 150 Å². The van der Waals surface area contributed by atoms with Crippen molar-refractivity contribution in [1.29, 1.82) is 0 Å². The molecule has 0 aliphatic carbocycles. The van der Waals surface area contributed by atoms with Crippen LogP contribution in [0.1, 0.15) is 0 Å². The summed E-state index contributed by atoms with van der Waals surface area (Å²) in [5.74, 6) is 3.20. The molecule has 0 fully saturated rings. The van der Waals surface area contributed by atoms with Gasteiger partial charge in [0.15, 0.2) is 23.0 Å². The number of benzene rings is 7. The topological polar surface area (TPSA) is 39.8 Å². The van der Waals surface area contributed by atoms with E-state index in [4.69, 9.17) is 13.9 Å². The lowest BCUT2D eigenvalue weighted by Crippen LogP contribution is -2.14. The van der Waals surface area contributed by atoms with E-state index in [0.29, 0.717) is 0 Å². The van der Waals surface area contributed by atoms with Gasteiger partial charge in [-0.15, -0.1) is 0 Å². The number of rotatable bonds is 4. The van der Waals surface area contributed by atoms with E-state index in [-0.39, 0.29) is 0 Å². The summed E-state index contributed by atoms with van der Waals surface area (Å²) in [5, 5.41) is 4.46. The van der Waals surface area contributed by atoms with Gasteiger partial charge in [0.2, 0.25) is 0 Å². The van der Waals surface area contributed by atoms with Crippen LogP contribution in [0.5, 0.6) is 23.0 Å². The van der Waals surface area contributed by atoms with E-state index in [1.165, 1.54) is 0 Å². The SMILES string of the molecule is c1ccc(-c2cccc(N(c3ccc4c(c3)oc3ccccc34)c3ccc4c5cccc6c5n5c4c3Oc3cccc(c3-5)O6)c2)cc1. The molecule has 0 bridgehead atoms. The fraction of sp³-hybridized carbons (Fsp3) is 0. The predicted molar refractivity (Wildman–Crippen MR) is 188 cm³/mol. The zero-order valence-corrected chi connectivity index (χ0v) is 25.0. The number of ether oxygens (including phenoxy) is 2. The number of para-hydroxylation sites is 3. The third kappa shape index (κ3) is 3.37. The summed E-state index contributed by atoms with van der Waals surface area (Å²) in [6.45, 7) is 0. The van der Waals surface area contributed by atoms with E-state index in [1.807, 2.05) is 42.5 Å². The van der Waals surface area contributed by atoms with Crippen LogP contribution >= 0.6 is 0 Å². The summed E-state index contributed by atoms with van der Waals surface area (Å²) in [6, 6.07) is 50.5. The van der Waals surface area contributed by atoms with Gasteiger partial charge in [-0.05, 0) is 71.8 Å². The number of aromatic nitrogens is 1. The first-order valence-electron chi connectivity index (χ1n) is 15.8. The Kier molecular flexibility index (Phi) is 4.78. The number of anilines is 3. The molecular weight excluding hydrogens is 580 g/mol. The fourth-order valence-electron chi connectivity index (χ4n) is 7.52. The van der Waals surface area contributed by atoms with Crippen molar-refractivity contribution in [2.75, 3.05) is 4.90 Å². The van der Waals surface area contributed by atoms with Crippen LogP contribution in [0.25, 0.3) is 60.6 Å². The average molecular weight is 605 g/mol. The van der Waals surface area contributed by atoms with Gasteiger partial charge in [-0.2, -0.15) is 0 Å². The molecule has 0 radical (unpaired) electrons. The lowest BCUT2D eigenvalue weighted by Gasteiger charge is -2.31. The highest BCUT2D eigenvalue weighted by atomic mass is 16.5. The van der Waals surface area contributed by atoms with Crippen molar-refractivity contribution in [3.05, 3.63) is 146 Å². The normalized spacial score (nSPS) is 12.6. The Morgan fingerprint density at radius 3 is 2.06 bits per heavy atom. The molecule has 0 saturated carbocycles. The minimum absolute atomic E-state index is 0.765. The lowest BCUT2D eigenvalue weighted by atomic mass is 10.0. The third-order valence-electron chi connectivity index (χ3n) is 9.54. The number of furan rings is 1. The van der Waals surface area contributed by atoms with E-state index in [1.54, 1.807) is 0 Å². The van der Waals surface area contributed by atoms with Gasteiger partial charge in [-0.3, -0.25) is 4.57 Å². The van der Waals surface area contributed by atoms with Crippen molar-refractivity contribution in [3.63, 3.8) is 0 Å². The number of hydrogen-bond donors (Lipinski definition) is 0. The van der Waals surface area contributed by atoms with Crippen molar-refractivity contribution in [2.24, 2.45) is 0 Å². The maximum absolute atomic E-state index is 6.93. The number of hydrogen-bond acceptors (Lipinski definition) is 4. The van der Waals surface area contributed by atoms with Crippen molar-refractivity contribution >= 4 is 60.8 Å². The van der Waals surface area contributed by atoms with Crippen molar-refractivity contribution < 1.29 is 13.9 Å². The molecule has 0 spiro atoms.